The molecular weight excluding hydrogens is 400 g/mol. The predicted molar refractivity (Wildman–Crippen MR) is 90.2 cm³/mol. The topological polar surface area (TPSA) is 55.2 Å². The van der Waals surface area contributed by atoms with Gasteiger partial charge in [0.1, 0.15) is 0 Å². The van der Waals surface area contributed by atoms with Crippen LogP contribution in [0.4, 0.5) is 5.69 Å². The first-order chi connectivity index (χ1) is 9.99. The number of nitro benzene ring substituents is 1. The Kier molecular flexibility index (Phi) is 5.50. The highest BCUT2D eigenvalue weighted by Gasteiger charge is 2.15. The van der Waals surface area contributed by atoms with Crippen molar-refractivity contribution < 1.29 is 4.92 Å². The summed E-state index contributed by atoms with van der Waals surface area (Å²) in [6.07, 6.45) is 0. The molecule has 21 heavy (non-hydrogen) atoms. The van der Waals surface area contributed by atoms with Gasteiger partial charge in [-0.3, -0.25) is 10.1 Å². The Morgan fingerprint density at radius 2 is 1.86 bits per heavy atom. The van der Waals surface area contributed by atoms with Gasteiger partial charge in [-0.2, -0.15) is 0 Å². The zero-order valence-electron chi connectivity index (χ0n) is 11.3. The van der Waals surface area contributed by atoms with Crippen molar-refractivity contribution in [1.82, 2.24) is 5.32 Å². The molecule has 0 radical (unpaired) electrons. The van der Waals surface area contributed by atoms with Crippen molar-refractivity contribution in [3.63, 3.8) is 0 Å². The maximum atomic E-state index is 10.9. The van der Waals surface area contributed by atoms with Crippen LogP contribution in [0.1, 0.15) is 24.1 Å². The number of nitro groups is 1. The van der Waals surface area contributed by atoms with Gasteiger partial charge in [0.05, 0.1) is 9.40 Å². The Balaban J connectivity index is 2.08. The Bertz CT molecular complexity index is 645. The van der Waals surface area contributed by atoms with E-state index in [4.69, 9.17) is 0 Å². The molecule has 0 unspecified atom stereocenters. The van der Waals surface area contributed by atoms with Gasteiger partial charge in [0.25, 0.3) is 5.69 Å². The number of halogens is 2. The summed E-state index contributed by atoms with van der Waals surface area (Å²) in [6.45, 7) is 2.62. The smallest absolute Gasteiger partial charge is 0.283 e. The average molecular weight is 414 g/mol. The van der Waals surface area contributed by atoms with E-state index in [2.05, 4.69) is 44.1 Å². The minimum Gasteiger partial charge on any atom is -0.306 e. The van der Waals surface area contributed by atoms with Crippen LogP contribution >= 0.6 is 31.9 Å². The van der Waals surface area contributed by atoms with Crippen LogP contribution in [0.3, 0.4) is 0 Å². The summed E-state index contributed by atoms with van der Waals surface area (Å²) in [6, 6.07) is 13.3. The van der Waals surface area contributed by atoms with Gasteiger partial charge in [0.2, 0.25) is 0 Å². The number of hydrogen-bond donors (Lipinski definition) is 1. The normalized spacial score (nSPS) is 12.1. The zero-order valence-corrected chi connectivity index (χ0v) is 14.5. The third kappa shape index (κ3) is 4.12. The molecule has 0 aromatic heterocycles. The third-order valence-electron chi connectivity index (χ3n) is 3.22. The van der Waals surface area contributed by atoms with Gasteiger partial charge in [0, 0.05) is 23.1 Å². The standard InChI is InChI=1S/C15H14Br2N2O2/c1-10(11-5-7-13(16)8-6-11)18-9-12-3-2-4-14(15(12)17)19(20)21/h2-8,10,18H,9H2,1H3/t10-/m1/s1. The Morgan fingerprint density at radius 3 is 2.48 bits per heavy atom. The molecule has 2 aromatic carbocycles. The van der Waals surface area contributed by atoms with Gasteiger partial charge in [-0.05, 0) is 46.1 Å². The molecule has 0 bridgehead atoms. The number of nitrogens with zero attached hydrogens (tertiary/aromatic N) is 1. The van der Waals surface area contributed by atoms with Crippen molar-refractivity contribution in [1.29, 1.82) is 0 Å². The van der Waals surface area contributed by atoms with E-state index in [9.17, 15) is 10.1 Å². The van der Waals surface area contributed by atoms with Crippen molar-refractivity contribution in [2.24, 2.45) is 0 Å². The monoisotopic (exact) mass is 412 g/mol. The van der Waals surface area contributed by atoms with Crippen LogP contribution in [0.2, 0.25) is 0 Å². The summed E-state index contributed by atoms with van der Waals surface area (Å²) >= 11 is 6.72. The van der Waals surface area contributed by atoms with Gasteiger partial charge in [-0.1, -0.05) is 40.2 Å². The van der Waals surface area contributed by atoms with Crippen molar-refractivity contribution >= 4 is 37.5 Å². The molecule has 1 N–H and O–H groups in total. The molecule has 0 saturated heterocycles. The first-order valence-electron chi connectivity index (χ1n) is 6.39. The molecule has 4 nitrogen and oxygen atoms in total. The van der Waals surface area contributed by atoms with E-state index < -0.39 is 0 Å². The number of benzene rings is 2. The van der Waals surface area contributed by atoms with E-state index >= 15 is 0 Å². The van der Waals surface area contributed by atoms with E-state index in [1.165, 1.54) is 11.6 Å². The highest BCUT2D eigenvalue weighted by atomic mass is 79.9. The number of rotatable bonds is 5. The molecule has 0 heterocycles. The molecule has 2 aromatic rings. The van der Waals surface area contributed by atoms with E-state index in [0.717, 1.165) is 10.0 Å². The fraction of sp³-hybridized carbons (Fsp3) is 0.200. The fourth-order valence-corrected chi connectivity index (χ4v) is 2.79. The Hall–Kier alpha value is -1.24. The molecule has 0 saturated carbocycles. The van der Waals surface area contributed by atoms with Crippen LogP contribution in [0, 0.1) is 10.1 Å². The maximum absolute atomic E-state index is 10.9. The summed E-state index contributed by atoms with van der Waals surface area (Å²) in [5.41, 5.74) is 2.12. The third-order valence-corrected chi connectivity index (χ3v) is 4.67. The molecule has 110 valence electrons. The summed E-state index contributed by atoms with van der Waals surface area (Å²) in [4.78, 5) is 10.5. The van der Waals surface area contributed by atoms with E-state index in [0.29, 0.717) is 11.0 Å². The van der Waals surface area contributed by atoms with Crippen LogP contribution in [-0.4, -0.2) is 4.92 Å². The van der Waals surface area contributed by atoms with Crippen LogP contribution in [0.5, 0.6) is 0 Å². The predicted octanol–water partition coefficient (Wildman–Crippen LogP) is 4.97. The van der Waals surface area contributed by atoms with Crippen LogP contribution in [0.15, 0.2) is 51.4 Å². The lowest BCUT2D eigenvalue weighted by Gasteiger charge is -2.15. The van der Waals surface area contributed by atoms with Crippen LogP contribution in [0.25, 0.3) is 0 Å². The second-order valence-corrected chi connectivity index (χ2v) is 6.37. The molecule has 0 fully saturated rings. The molecule has 2 rings (SSSR count). The summed E-state index contributed by atoms with van der Waals surface area (Å²) in [5.74, 6) is 0. The maximum Gasteiger partial charge on any atom is 0.283 e. The van der Waals surface area contributed by atoms with Crippen molar-refractivity contribution in [2.45, 2.75) is 19.5 Å². The van der Waals surface area contributed by atoms with Gasteiger partial charge in [-0.15, -0.1) is 0 Å². The first-order valence-corrected chi connectivity index (χ1v) is 7.98. The van der Waals surface area contributed by atoms with Gasteiger partial charge < -0.3 is 5.32 Å². The molecule has 0 spiro atoms. The highest BCUT2D eigenvalue weighted by Crippen LogP contribution is 2.28. The summed E-state index contributed by atoms with van der Waals surface area (Å²) in [5, 5.41) is 14.3. The Morgan fingerprint density at radius 1 is 1.19 bits per heavy atom. The first kappa shape index (κ1) is 16.1. The van der Waals surface area contributed by atoms with Crippen LogP contribution < -0.4 is 5.32 Å². The zero-order chi connectivity index (χ0) is 15.4. The molecule has 0 aliphatic carbocycles. The molecule has 0 aliphatic heterocycles. The highest BCUT2D eigenvalue weighted by molar-refractivity contribution is 9.10. The molecule has 0 amide bonds. The van der Waals surface area contributed by atoms with E-state index in [1.807, 2.05) is 30.3 Å². The number of hydrogen-bond acceptors (Lipinski definition) is 3. The largest absolute Gasteiger partial charge is 0.306 e. The number of nitrogens with one attached hydrogen (secondary N) is 1. The minimum absolute atomic E-state index is 0.0885. The molecular formula is C15H14Br2N2O2. The summed E-state index contributed by atoms with van der Waals surface area (Å²) in [7, 11) is 0. The quantitative estimate of drug-likeness (QED) is 0.556. The molecule has 6 heteroatoms. The lowest BCUT2D eigenvalue weighted by molar-refractivity contribution is -0.385. The lowest BCUT2D eigenvalue weighted by atomic mass is 10.1. The lowest BCUT2D eigenvalue weighted by Crippen LogP contribution is -2.18. The van der Waals surface area contributed by atoms with E-state index in [-0.39, 0.29) is 16.7 Å². The SMILES string of the molecule is C[C@@H](NCc1cccc([N+](=O)[O-])c1Br)c1ccc(Br)cc1. The van der Waals surface area contributed by atoms with Gasteiger partial charge in [0.15, 0.2) is 0 Å². The fourth-order valence-electron chi connectivity index (χ4n) is 1.98. The van der Waals surface area contributed by atoms with Crippen molar-refractivity contribution in [2.75, 3.05) is 0 Å². The molecule has 1 atom stereocenters. The van der Waals surface area contributed by atoms with Crippen molar-refractivity contribution in [3.05, 3.63) is 72.7 Å². The van der Waals surface area contributed by atoms with Gasteiger partial charge in [-0.25, -0.2) is 0 Å². The minimum atomic E-state index is -0.383. The van der Waals surface area contributed by atoms with E-state index in [1.54, 1.807) is 6.07 Å². The molecule has 0 aliphatic rings. The summed E-state index contributed by atoms with van der Waals surface area (Å²) < 4.78 is 1.57. The van der Waals surface area contributed by atoms with Gasteiger partial charge >= 0.3 is 0 Å². The second kappa shape index (κ2) is 7.15. The van der Waals surface area contributed by atoms with Crippen LogP contribution in [-0.2, 0) is 6.54 Å². The average Bonchev–Trinajstić information content (AvgIpc) is 2.46. The van der Waals surface area contributed by atoms with Crippen molar-refractivity contribution in [3.8, 4) is 0 Å². The Labute approximate surface area is 140 Å². The second-order valence-electron chi connectivity index (χ2n) is 4.66.